The molecule has 0 spiro atoms. The van der Waals surface area contributed by atoms with Crippen LogP contribution in [0.3, 0.4) is 0 Å². The first-order valence-corrected chi connectivity index (χ1v) is 23.9. The lowest BCUT2D eigenvalue weighted by Crippen LogP contribution is -2.50. The molecule has 0 saturated heterocycles. The monoisotopic (exact) mass is 791 g/mol. The van der Waals surface area contributed by atoms with Crippen molar-refractivity contribution in [2.24, 2.45) is 0 Å². The van der Waals surface area contributed by atoms with Gasteiger partial charge in [0, 0.05) is 9.79 Å². The van der Waals surface area contributed by atoms with Gasteiger partial charge in [-0.05, 0) is 75.6 Å². The lowest BCUT2D eigenvalue weighted by atomic mass is 10.1. The van der Waals surface area contributed by atoms with Crippen LogP contribution in [0.2, 0.25) is 0 Å². The van der Waals surface area contributed by atoms with Crippen molar-refractivity contribution in [3.05, 3.63) is 59.7 Å². The van der Waals surface area contributed by atoms with E-state index < -0.39 is 11.9 Å². The Morgan fingerprint density at radius 2 is 0.611 bits per heavy atom. The zero-order chi connectivity index (χ0) is 40.5. The van der Waals surface area contributed by atoms with E-state index in [1.54, 1.807) is 36.4 Å². The van der Waals surface area contributed by atoms with Gasteiger partial charge in [0.1, 0.15) is 0 Å². The highest BCUT2D eigenvalue weighted by Gasteiger charge is 2.26. The molecular formula is C46H82N2O4S2+2. The molecule has 54 heavy (non-hydrogen) atoms. The maximum atomic E-state index is 11.1. The summed E-state index contributed by atoms with van der Waals surface area (Å²) in [6.07, 6.45) is 22.1. The second-order valence-electron chi connectivity index (χ2n) is 15.1. The first-order chi connectivity index (χ1) is 26.1. The third-order valence-electron chi connectivity index (χ3n) is 10.3. The molecule has 2 aromatic rings. The van der Waals surface area contributed by atoms with Crippen LogP contribution >= 0.6 is 21.6 Å². The molecular weight excluding hydrogens is 709 g/mol. The fourth-order valence-electron chi connectivity index (χ4n) is 6.81. The van der Waals surface area contributed by atoms with Crippen molar-refractivity contribution in [3.63, 3.8) is 0 Å². The van der Waals surface area contributed by atoms with E-state index in [1.807, 2.05) is 0 Å². The molecule has 2 aromatic carbocycles. The van der Waals surface area contributed by atoms with Crippen molar-refractivity contribution in [3.8, 4) is 0 Å². The number of hydrogen-bond donors (Lipinski definition) is 2. The van der Waals surface area contributed by atoms with Crippen molar-refractivity contribution in [1.29, 1.82) is 0 Å². The Bertz CT molecular complexity index is 1060. The summed E-state index contributed by atoms with van der Waals surface area (Å²) in [5.41, 5.74) is 0.413. The van der Waals surface area contributed by atoms with E-state index >= 15 is 0 Å². The molecule has 0 bridgehead atoms. The number of carboxylic acids is 2. The molecule has 0 amide bonds. The lowest BCUT2D eigenvalue weighted by molar-refractivity contribution is -0.929. The third kappa shape index (κ3) is 22.5. The van der Waals surface area contributed by atoms with Gasteiger partial charge in [-0.15, -0.1) is 0 Å². The van der Waals surface area contributed by atoms with Crippen LogP contribution in [-0.2, 0) is 0 Å². The van der Waals surface area contributed by atoms with Gasteiger partial charge in [-0.1, -0.05) is 153 Å². The van der Waals surface area contributed by atoms with Gasteiger partial charge in [0.05, 0.1) is 63.5 Å². The van der Waals surface area contributed by atoms with Crippen molar-refractivity contribution in [2.45, 2.75) is 168 Å². The Kier molecular flexibility index (Phi) is 31.9. The SMILES string of the molecule is CCCC[N+](CCCC)(CCCC)CCCC.CCCC[N+](CCCC)(CCCC)CCCC.O=C(O)c1ccccc1SSc1ccccc1C(=O)O. The second-order valence-corrected chi connectivity index (χ2v) is 17.3. The van der Waals surface area contributed by atoms with Crippen LogP contribution in [0.1, 0.15) is 179 Å². The van der Waals surface area contributed by atoms with Gasteiger partial charge in [0.2, 0.25) is 0 Å². The number of carbonyl (C=O) groups is 2. The van der Waals surface area contributed by atoms with Gasteiger partial charge in [0.15, 0.2) is 0 Å². The fraction of sp³-hybridized carbons (Fsp3) is 0.696. The van der Waals surface area contributed by atoms with Gasteiger partial charge in [-0.25, -0.2) is 9.59 Å². The summed E-state index contributed by atoms with van der Waals surface area (Å²) in [6.45, 7) is 30.0. The number of benzene rings is 2. The zero-order valence-electron chi connectivity index (χ0n) is 36.0. The minimum absolute atomic E-state index is 0.206. The molecule has 0 radical (unpaired) electrons. The summed E-state index contributed by atoms with van der Waals surface area (Å²) >= 11 is 0. The average Bonchev–Trinajstić information content (AvgIpc) is 3.19. The molecule has 0 unspecified atom stereocenters. The van der Waals surface area contributed by atoms with Crippen LogP contribution in [0.4, 0.5) is 0 Å². The van der Waals surface area contributed by atoms with Crippen molar-refractivity contribution < 1.29 is 28.8 Å². The highest BCUT2D eigenvalue weighted by atomic mass is 33.1. The molecule has 0 atom stereocenters. The summed E-state index contributed by atoms with van der Waals surface area (Å²) in [7, 11) is 2.47. The number of hydrogen-bond acceptors (Lipinski definition) is 4. The van der Waals surface area contributed by atoms with Crippen molar-refractivity contribution >= 4 is 33.5 Å². The third-order valence-corrected chi connectivity index (χ3v) is 12.8. The molecule has 2 rings (SSSR count). The van der Waals surface area contributed by atoms with E-state index in [9.17, 15) is 9.59 Å². The molecule has 2 N–H and O–H groups in total. The van der Waals surface area contributed by atoms with E-state index in [-0.39, 0.29) is 11.1 Å². The molecule has 0 aliphatic carbocycles. The van der Waals surface area contributed by atoms with Crippen molar-refractivity contribution in [2.75, 3.05) is 52.4 Å². The first kappa shape index (κ1) is 52.0. The molecule has 0 aliphatic heterocycles. The zero-order valence-corrected chi connectivity index (χ0v) is 37.6. The van der Waals surface area contributed by atoms with Gasteiger partial charge >= 0.3 is 11.9 Å². The molecule has 0 aliphatic rings. The Balaban J connectivity index is 0.000000786. The Morgan fingerprint density at radius 3 is 0.796 bits per heavy atom. The van der Waals surface area contributed by atoms with Crippen LogP contribution in [0, 0.1) is 0 Å². The summed E-state index contributed by atoms with van der Waals surface area (Å²) < 4.78 is 2.84. The Labute approximate surface area is 340 Å². The molecule has 0 heterocycles. The summed E-state index contributed by atoms with van der Waals surface area (Å²) in [5, 5.41) is 18.2. The number of rotatable bonds is 29. The Hall–Kier alpha value is -2.00. The maximum absolute atomic E-state index is 11.1. The maximum Gasteiger partial charge on any atom is 0.336 e. The Morgan fingerprint density at radius 1 is 0.407 bits per heavy atom. The molecule has 6 nitrogen and oxygen atoms in total. The predicted octanol–water partition coefficient (Wildman–Crippen LogP) is 13.9. The number of unbranched alkanes of at least 4 members (excludes halogenated alkanes) is 8. The van der Waals surface area contributed by atoms with Crippen LogP contribution in [0.25, 0.3) is 0 Å². The van der Waals surface area contributed by atoms with E-state index in [1.165, 1.54) is 198 Å². The normalized spacial score (nSPS) is 11.3. The number of nitrogens with zero attached hydrogens (tertiary/aromatic N) is 2. The van der Waals surface area contributed by atoms with Crippen LogP contribution in [0.5, 0.6) is 0 Å². The largest absolute Gasteiger partial charge is 0.478 e. The molecule has 0 saturated carbocycles. The highest BCUT2D eigenvalue weighted by Crippen LogP contribution is 2.40. The smallest absolute Gasteiger partial charge is 0.336 e. The minimum atomic E-state index is -1.000. The van der Waals surface area contributed by atoms with Gasteiger partial charge in [-0.2, -0.15) is 0 Å². The topological polar surface area (TPSA) is 74.6 Å². The van der Waals surface area contributed by atoms with Gasteiger partial charge < -0.3 is 19.2 Å². The summed E-state index contributed by atoms with van der Waals surface area (Å²) in [4.78, 5) is 23.4. The van der Waals surface area contributed by atoms with E-state index in [0.29, 0.717) is 9.79 Å². The average molecular weight is 791 g/mol. The number of aromatic carboxylic acids is 2. The van der Waals surface area contributed by atoms with E-state index in [0.717, 1.165) is 0 Å². The van der Waals surface area contributed by atoms with Crippen LogP contribution in [-0.4, -0.2) is 83.5 Å². The lowest BCUT2D eigenvalue weighted by Gasteiger charge is -2.39. The fourth-order valence-corrected chi connectivity index (χ4v) is 9.16. The number of quaternary nitrogens is 2. The van der Waals surface area contributed by atoms with Gasteiger partial charge in [0.25, 0.3) is 0 Å². The first-order valence-electron chi connectivity index (χ1n) is 21.8. The van der Waals surface area contributed by atoms with E-state index in [4.69, 9.17) is 10.2 Å². The van der Waals surface area contributed by atoms with Crippen LogP contribution in [0.15, 0.2) is 58.3 Å². The van der Waals surface area contributed by atoms with E-state index in [2.05, 4.69) is 55.4 Å². The quantitative estimate of drug-likeness (QED) is 0.0631. The molecule has 310 valence electrons. The standard InChI is InChI=1S/2C16H36N.C14H10O4S2/c2*1-5-9-13-17(14-10-6-2,15-11-7-3)16-12-8-4;15-13(16)9-5-1-3-7-11(9)19-20-12-8-4-2-6-10(12)14(17)18/h2*5-16H2,1-4H3;1-8H,(H,15,16)(H,17,18)/q2*+1;. The summed E-state index contributed by atoms with van der Waals surface area (Å²) in [5.74, 6) is -2.00. The molecule has 0 fully saturated rings. The minimum Gasteiger partial charge on any atom is -0.478 e. The molecule has 8 heteroatoms. The second kappa shape index (κ2) is 33.2. The number of carboxylic acid groups (broad SMARTS) is 2. The van der Waals surface area contributed by atoms with Gasteiger partial charge in [-0.3, -0.25) is 0 Å². The summed E-state index contributed by atoms with van der Waals surface area (Å²) in [6, 6.07) is 13.3. The van der Waals surface area contributed by atoms with Crippen LogP contribution < -0.4 is 0 Å². The highest BCUT2D eigenvalue weighted by molar-refractivity contribution is 8.76. The molecule has 0 aromatic heterocycles. The van der Waals surface area contributed by atoms with Crippen molar-refractivity contribution in [1.82, 2.24) is 0 Å². The predicted molar refractivity (Wildman–Crippen MR) is 237 cm³/mol.